The molecule has 2 aromatic rings. The van der Waals surface area contributed by atoms with Crippen LogP contribution in [0.3, 0.4) is 0 Å². The standard InChI is InChI=1S/C25H28N4O4/c30-24(18-6-8-23(9-7-18)29(32)33)28-11-10-19-16-20(4-5-21(19)17-28)25(31)27-14-12-26(13-15-27)22-2-1-3-22/h4-9,16,22H,1-3,10-15,17H2. The van der Waals surface area contributed by atoms with Crippen LogP contribution in [0.5, 0.6) is 0 Å². The fourth-order valence-corrected chi connectivity index (χ4v) is 4.99. The summed E-state index contributed by atoms with van der Waals surface area (Å²) in [5.74, 6) is -0.0459. The van der Waals surface area contributed by atoms with E-state index in [9.17, 15) is 19.7 Å². The molecule has 1 saturated carbocycles. The van der Waals surface area contributed by atoms with Gasteiger partial charge in [-0.05, 0) is 54.7 Å². The predicted octanol–water partition coefficient (Wildman–Crippen LogP) is 3.10. The molecule has 2 aromatic carbocycles. The van der Waals surface area contributed by atoms with Crippen LogP contribution in [0.25, 0.3) is 0 Å². The van der Waals surface area contributed by atoms with E-state index in [1.165, 1.54) is 43.5 Å². The van der Waals surface area contributed by atoms with Crippen molar-refractivity contribution in [3.05, 3.63) is 74.8 Å². The first-order chi connectivity index (χ1) is 16.0. The fraction of sp³-hybridized carbons (Fsp3) is 0.440. The summed E-state index contributed by atoms with van der Waals surface area (Å²) in [4.78, 5) is 42.5. The average Bonchev–Trinajstić information content (AvgIpc) is 2.82. The maximum Gasteiger partial charge on any atom is 0.269 e. The Kier molecular flexibility index (Phi) is 5.85. The largest absolute Gasteiger partial charge is 0.336 e. The number of non-ortho nitro benzene ring substituents is 1. The van der Waals surface area contributed by atoms with Crippen molar-refractivity contribution in [1.29, 1.82) is 0 Å². The van der Waals surface area contributed by atoms with Gasteiger partial charge in [0.1, 0.15) is 0 Å². The molecule has 8 heteroatoms. The van der Waals surface area contributed by atoms with Crippen molar-refractivity contribution < 1.29 is 14.5 Å². The summed E-state index contributed by atoms with van der Waals surface area (Å²) in [6.45, 7) is 4.51. The van der Waals surface area contributed by atoms with Crippen LogP contribution < -0.4 is 0 Å². The van der Waals surface area contributed by atoms with Crippen molar-refractivity contribution >= 4 is 17.5 Å². The molecule has 3 aliphatic rings. The SMILES string of the molecule is O=C(c1ccc2c(c1)CCN(C(=O)c1ccc([N+](=O)[O-])cc1)C2)N1CCN(C2CCC2)CC1. The number of nitro benzene ring substituents is 1. The monoisotopic (exact) mass is 448 g/mol. The van der Waals surface area contributed by atoms with Gasteiger partial charge in [0.05, 0.1) is 4.92 Å². The molecule has 2 amide bonds. The molecule has 1 saturated heterocycles. The number of nitro groups is 1. The van der Waals surface area contributed by atoms with Gasteiger partial charge in [-0.1, -0.05) is 12.5 Å². The molecule has 1 aliphatic carbocycles. The summed E-state index contributed by atoms with van der Waals surface area (Å²) in [5, 5.41) is 10.8. The number of hydrogen-bond donors (Lipinski definition) is 0. The van der Waals surface area contributed by atoms with Crippen molar-refractivity contribution in [3.8, 4) is 0 Å². The fourth-order valence-electron chi connectivity index (χ4n) is 4.99. The van der Waals surface area contributed by atoms with E-state index in [1.807, 2.05) is 23.1 Å². The van der Waals surface area contributed by atoms with Crippen LogP contribution in [0.15, 0.2) is 42.5 Å². The lowest BCUT2D eigenvalue weighted by molar-refractivity contribution is -0.384. The topological polar surface area (TPSA) is 87.0 Å². The highest BCUT2D eigenvalue weighted by Gasteiger charge is 2.30. The van der Waals surface area contributed by atoms with Crippen LogP contribution in [-0.4, -0.2) is 70.2 Å². The average molecular weight is 449 g/mol. The Balaban J connectivity index is 1.22. The first kappa shape index (κ1) is 21.6. The number of nitrogens with zero attached hydrogens (tertiary/aromatic N) is 4. The molecular weight excluding hydrogens is 420 g/mol. The van der Waals surface area contributed by atoms with Gasteiger partial charge in [-0.2, -0.15) is 0 Å². The second-order valence-corrected chi connectivity index (χ2v) is 9.18. The molecule has 0 radical (unpaired) electrons. The third kappa shape index (κ3) is 4.35. The molecule has 0 unspecified atom stereocenters. The van der Waals surface area contributed by atoms with Crippen LogP contribution in [-0.2, 0) is 13.0 Å². The molecule has 2 aliphatic heterocycles. The number of hydrogen-bond acceptors (Lipinski definition) is 5. The number of amides is 2. The number of fused-ring (bicyclic) bond motifs is 1. The lowest BCUT2D eigenvalue weighted by Gasteiger charge is -2.43. The van der Waals surface area contributed by atoms with Gasteiger partial charge in [0.15, 0.2) is 0 Å². The Bertz CT molecular complexity index is 1070. The smallest absolute Gasteiger partial charge is 0.269 e. The van der Waals surface area contributed by atoms with Gasteiger partial charge in [-0.3, -0.25) is 24.6 Å². The highest BCUT2D eigenvalue weighted by molar-refractivity contribution is 5.95. The molecule has 0 spiro atoms. The quantitative estimate of drug-likeness (QED) is 0.530. The second kappa shape index (κ2) is 8.94. The lowest BCUT2D eigenvalue weighted by atomic mass is 9.91. The van der Waals surface area contributed by atoms with E-state index in [-0.39, 0.29) is 17.5 Å². The summed E-state index contributed by atoms with van der Waals surface area (Å²) in [6.07, 6.45) is 4.60. The Hall–Kier alpha value is -3.26. The molecule has 0 aromatic heterocycles. The zero-order valence-electron chi connectivity index (χ0n) is 18.6. The molecule has 5 rings (SSSR count). The van der Waals surface area contributed by atoms with Crippen LogP contribution in [0.2, 0.25) is 0 Å². The van der Waals surface area contributed by atoms with Crippen LogP contribution in [0.4, 0.5) is 5.69 Å². The number of benzene rings is 2. The molecule has 33 heavy (non-hydrogen) atoms. The van der Waals surface area contributed by atoms with E-state index < -0.39 is 4.92 Å². The Morgan fingerprint density at radius 2 is 1.48 bits per heavy atom. The summed E-state index contributed by atoms with van der Waals surface area (Å²) in [7, 11) is 0. The number of piperazine rings is 1. The van der Waals surface area contributed by atoms with E-state index in [4.69, 9.17) is 0 Å². The molecule has 0 bridgehead atoms. The van der Waals surface area contributed by atoms with E-state index in [1.54, 1.807) is 4.90 Å². The highest BCUT2D eigenvalue weighted by Crippen LogP contribution is 2.27. The first-order valence-corrected chi connectivity index (χ1v) is 11.7. The summed E-state index contributed by atoms with van der Waals surface area (Å²) in [6, 6.07) is 12.3. The van der Waals surface area contributed by atoms with Crippen molar-refractivity contribution in [1.82, 2.24) is 14.7 Å². The van der Waals surface area contributed by atoms with Gasteiger partial charge in [-0.25, -0.2) is 0 Å². The molecular formula is C25H28N4O4. The van der Waals surface area contributed by atoms with Gasteiger partial charge >= 0.3 is 0 Å². The maximum absolute atomic E-state index is 13.1. The van der Waals surface area contributed by atoms with Crippen molar-refractivity contribution in [2.45, 2.75) is 38.3 Å². The van der Waals surface area contributed by atoms with Gasteiger partial charge < -0.3 is 9.80 Å². The van der Waals surface area contributed by atoms with Gasteiger partial charge in [0.25, 0.3) is 17.5 Å². The minimum Gasteiger partial charge on any atom is -0.336 e. The molecule has 8 nitrogen and oxygen atoms in total. The van der Waals surface area contributed by atoms with Crippen LogP contribution in [0, 0.1) is 10.1 Å². The second-order valence-electron chi connectivity index (χ2n) is 9.18. The molecule has 0 N–H and O–H groups in total. The van der Waals surface area contributed by atoms with E-state index >= 15 is 0 Å². The summed E-state index contributed by atoms with van der Waals surface area (Å²) < 4.78 is 0. The first-order valence-electron chi connectivity index (χ1n) is 11.7. The zero-order valence-corrected chi connectivity index (χ0v) is 18.6. The number of carbonyl (C=O) groups excluding carboxylic acids is 2. The lowest BCUT2D eigenvalue weighted by Crippen LogP contribution is -2.53. The molecule has 0 atom stereocenters. The minimum absolute atomic E-state index is 0.0304. The van der Waals surface area contributed by atoms with E-state index in [0.29, 0.717) is 25.1 Å². The zero-order chi connectivity index (χ0) is 22.9. The van der Waals surface area contributed by atoms with Gasteiger partial charge in [0, 0.05) is 68.6 Å². The number of rotatable bonds is 4. The van der Waals surface area contributed by atoms with Gasteiger partial charge in [0.2, 0.25) is 0 Å². The van der Waals surface area contributed by atoms with Gasteiger partial charge in [-0.15, -0.1) is 0 Å². The normalized spacial score (nSPS) is 19.0. The summed E-state index contributed by atoms with van der Waals surface area (Å²) in [5.41, 5.74) is 3.29. The Morgan fingerprint density at radius 3 is 2.12 bits per heavy atom. The molecule has 2 fully saturated rings. The highest BCUT2D eigenvalue weighted by atomic mass is 16.6. The third-order valence-electron chi connectivity index (χ3n) is 7.27. The maximum atomic E-state index is 13.1. The minimum atomic E-state index is -0.474. The number of carbonyl (C=O) groups is 2. The Morgan fingerprint density at radius 1 is 0.818 bits per heavy atom. The predicted molar refractivity (Wildman–Crippen MR) is 123 cm³/mol. The third-order valence-corrected chi connectivity index (χ3v) is 7.27. The summed E-state index contributed by atoms with van der Waals surface area (Å²) >= 11 is 0. The van der Waals surface area contributed by atoms with Crippen molar-refractivity contribution in [2.24, 2.45) is 0 Å². The Labute approximate surface area is 192 Å². The van der Waals surface area contributed by atoms with Crippen molar-refractivity contribution in [3.63, 3.8) is 0 Å². The van der Waals surface area contributed by atoms with Crippen molar-refractivity contribution in [2.75, 3.05) is 32.7 Å². The molecule has 2 heterocycles. The molecule has 172 valence electrons. The van der Waals surface area contributed by atoms with Crippen LogP contribution >= 0.6 is 0 Å². The van der Waals surface area contributed by atoms with E-state index in [0.717, 1.165) is 48.9 Å². The van der Waals surface area contributed by atoms with E-state index in [2.05, 4.69) is 4.90 Å². The van der Waals surface area contributed by atoms with Crippen LogP contribution in [0.1, 0.15) is 51.1 Å².